The zero-order chi connectivity index (χ0) is 20.6. The Kier molecular flexibility index (Phi) is 3.40. The molecule has 0 aliphatic heterocycles. The molecule has 0 unspecified atom stereocenters. The summed E-state index contributed by atoms with van der Waals surface area (Å²) in [5.41, 5.74) is 3.86. The van der Waals surface area contributed by atoms with Crippen molar-refractivity contribution in [2.75, 3.05) is 0 Å². The van der Waals surface area contributed by atoms with Gasteiger partial charge in [-0.05, 0) is 43.8 Å². The van der Waals surface area contributed by atoms with E-state index in [0.29, 0.717) is 0 Å². The van der Waals surface area contributed by atoms with E-state index in [-0.39, 0.29) is 0 Å². The first-order valence-electron chi connectivity index (χ1n) is 10.1. The quantitative estimate of drug-likeness (QED) is 0.503. The fourth-order valence-corrected chi connectivity index (χ4v) is 5.93. The van der Waals surface area contributed by atoms with Gasteiger partial charge >= 0.3 is 11.9 Å². The minimum Gasteiger partial charge on any atom is -0.481 e. The van der Waals surface area contributed by atoms with Gasteiger partial charge in [-0.2, -0.15) is 0 Å². The largest absolute Gasteiger partial charge is 0.481 e. The van der Waals surface area contributed by atoms with Crippen LogP contribution in [0, 0.1) is 11.8 Å². The number of carboxylic acid groups (broad SMARTS) is 2. The lowest BCUT2D eigenvalue weighted by Gasteiger charge is -2.48. The standard InChI is InChI=1S/C26H18O4/c27-25(28)23-21-18-12-10-14-6-2-4-8-16(14)20(18)22(24(23)26(29)30)17-11-9-13-5-1-3-7-15(13)19(17)21/h1-12,21-24H,(H,27,28)(H,29,30)/t21-,22+,23-,24+. The summed E-state index contributed by atoms with van der Waals surface area (Å²) in [6, 6.07) is 24.0. The number of hydrogen-bond acceptors (Lipinski definition) is 2. The molecule has 0 saturated heterocycles. The van der Waals surface area contributed by atoms with Gasteiger partial charge in [0.1, 0.15) is 0 Å². The fraction of sp³-hybridized carbons (Fsp3) is 0.154. The Bertz CT molecular complexity index is 1280. The lowest BCUT2D eigenvalue weighted by Crippen LogP contribution is -2.47. The summed E-state index contributed by atoms with van der Waals surface area (Å²) in [5, 5.41) is 24.4. The fourth-order valence-electron chi connectivity index (χ4n) is 5.93. The normalized spacial score (nSPS) is 23.9. The van der Waals surface area contributed by atoms with Crippen molar-refractivity contribution in [1.82, 2.24) is 0 Å². The van der Waals surface area contributed by atoms with Crippen molar-refractivity contribution in [2.45, 2.75) is 11.8 Å². The Labute approximate surface area is 172 Å². The second-order valence-electron chi connectivity index (χ2n) is 8.26. The minimum absolute atomic E-state index is 0.491. The van der Waals surface area contributed by atoms with Crippen molar-refractivity contribution >= 4 is 33.5 Å². The second-order valence-corrected chi connectivity index (χ2v) is 8.26. The van der Waals surface area contributed by atoms with Gasteiger partial charge in [0.2, 0.25) is 0 Å². The molecule has 2 bridgehead atoms. The number of fused-ring (bicyclic) bond motifs is 3. The highest BCUT2D eigenvalue weighted by Gasteiger charge is 2.56. The van der Waals surface area contributed by atoms with E-state index in [9.17, 15) is 19.8 Å². The Hall–Kier alpha value is -3.66. The predicted molar refractivity (Wildman–Crippen MR) is 114 cm³/mol. The van der Waals surface area contributed by atoms with Gasteiger partial charge in [0.25, 0.3) is 0 Å². The van der Waals surface area contributed by atoms with Gasteiger partial charge < -0.3 is 10.2 Å². The maximum absolute atomic E-state index is 12.4. The molecule has 0 radical (unpaired) electrons. The first-order valence-corrected chi connectivity index (χ1v) is 10.1. The van der Waals surface area contributed by atoms with Crippen LogP contribution in [0.2, 0.25) is 0 Å². The minimum atomic E-state index is -1.05. The average molecular weight is 394 g/mol. The topological polar surface area (TPSA) is 74.6 Å². The summed E-state index contributed by atoms with van der Waals surface area (Å²) in [6.45, 7) is 0. The maximum atomic E-state index is 12.4. The summed E-state index contributed by atoms with van der Waals surface area (Å²) < 4.78 is 0. The average Bonchev–Trinajstić information content (AvgIpc) is 2.77. The molecule has 0 fully saturated rings. The summed E-state index contributed by atoms with van der Waals surface area (Å²) >= 11 is 0. The van der Waals surface area contributed by atoms with E-state index in [2.05, 4.69) is 0 Å². The second kappa shape index (κ2) is 5.92. The Morgan fingerprint density at radius 3 is 1.37 bits per heavy atom. The Balaban J connectivity index is 1.79. The number of benzene rings is 4. The zero-order valence-electron chi connectivity index (χ0n) is 15.9. The summed E-state index contributed by atoms with van der Waals surface area (Å²) in [6.07, 6.45) is 0. The van der Waals surface area contributed by atoms with Gasteiger partial charge in [-0.15, -0.1) is 0 Å². The lowest BCUT2D eigenvalue weighted by molar-refractivity contribution is -0.156. The highest BCUT2D eigenvalue weighted by atomic mass is 16.4. The Morgan fingerprint density at radius 2 is 0.967 bits per heavy atom. The van der Waals surface area contributed by atoms with Crippen molar-refractivity contribution in [3.63, 3.8) is 0 Å². The number of aliphatic carboxylic acids is 2. The van der Waals surface area contributed by atoms with Crippen LogP contribution in [0.4, 0.5) is 0 Å². The van der Waals surface area contributed by atoms with E-state index in [1.807, 2.05) is 72.8 Å². The molecule has 30 heavy (non-hydrogen) atoms. The van der Waals surface area contributed by atoms with Gasteiger partial charge in [-0.1, -0.05) is 72.8 Å². The molecule has 2 N–H and O–H groups in total. The molecule has 4 heteroatoms. The van der Waals surface area contributed by atoms with Crippen LogP contribution in [0.15, 0.2) is 72.8 Å². The maximum Gasteiger partial charge on any atom is 0.308 e. The summed E-state index contributed by atoms with van der Waals surface area (Å²) in [5.74, 6) is -5.08. The molecule has 146 valence electrons. The van der Waals surface area contributed by atoms with Crippen LogP contribution in [0.1, 0.15) is 34.1 Å². The third-order valence-electron chi connectivity index (χ3n) is 6.98. The monoisotopic (exact) mass is 394 g/mol. The van der Waals surface area contributed by atoms with E-state index < -0.39 is 35.6 Å². The van der Waals surface area contributed by atoms with Crippen LogP contribution < -0.4 is 0 Å². The molecule has 4 atom stereocenters. The van der Waals surface area contributed by atoms with Gasteiger partial charge in [0.05, 0.1) is 11.8 Å². The van der Waals surface area contributed by atoms with E-state index in [1.54, 1.807) is 0 Å². The molecular weight excluding hydrogens is 376 g/mol. The van der Waals surface area contributed by atoms with Crippen LogP contribution in [-0.4, -0.2) is 22.2 Å². The molecule has 4 aromatic carbocycles. The molecule has 3 aliphatic carbocycles. The molecule has 0 amide bonds. The van der Waals surface area contributed by atoms with Crippen molar-refractivity contribution in [3.8, 4) is 0 Å². The van der Waals surface area contributed by atoms with Crippen LogP contribution in [0.3, 0.4) is 0 Å². The summed E-state index contributed by atoms with van der Waals surface area (Å²) in [4.78, 5) is 24.8. The SMILES string of the molecule is O=C(O)[C@@H]1[C@@H]2c3ccc4ccccc4c3[C@H](c3ccc4ccccc4c32)[C@@H]1C(=O)O. The highest BCUT2D eigenvalue weighted by molar-refractivity contribution is 5.97. The first kappa shape index (κ1) is 17.2. The highest BCUT2D eigenvalue weighted by Crippen LogP contribution is 2.61. The van der Waals surface area contributed by atoms with Crippen molar-refractivity contribution in [2.24, 2.45) is 11.8 Å². The van der Waals surface area contributed by atoms with E-state index in [0.717, 1.165) is 43.8 Å². The first-order chi connectivity index (χ1) is 14.6. The number of carbonyl (C=O) groups is 2. The smallest absolute Gasteiger partial charge is 0.308 e. The number of rotatable bonds is 2. The van der Waals surface area contributed by atoms with Crippen LogP contribution >= 0.6 is 0 Å². The van der Waals surface area contributed by atoms with Crippen LogP contribution in [-0.2, 0) is 9.59 Å². The van der Waals surface area contributed by atoms with Crippen molar-refractivity contribution in [3.05, 3.63) is 95.1 Å². The molecule has 7 rings (SSSR count). The van der Waals surface area contributed by atoms with Gasteiger partial charge in [0, 0.05) is 11.8 Å². The molecule has 0 saturated carbocycles. The third-order valence-corrected chi connectivity index (χ3v) is 6.98. The van der Waals surface area contributed by atoms with Crippen LogP contribution in [0.25, 0.3) is 21.5 Å². The lowest BCUT2D eigenvalue weighted by atomic mass is 9.53. The van der Waals surface area contributed by atoms with E-state index in [4.69, 9.17) is 0 Å². The molecule has 4 aromatic rings. The van der Waals surface area contributed by atoms with Gasteiger partial charge in [-0.25, -0.2) is 0 Å². The van der Waals surface area contributed by atoms with Gasteiger partial charge in [0.15, 0.2) is 0 Å². The molecule has 4 nitrogen and oxygen atoms in total. The predicted octanol–water partition coefficient (Wildman–Crippen LogP) is 4.99. The molecule has 0 spiro atoms. The summed E-state index contributed by atoms with van der Waals surface area (Å²) in [7, 11) is 0. The third kappa shape index (κ3) is 2.05. The molecule has 0 aromatic heterocycles. The van der Waals surface area contributed by atoms with Crippen molar-refractivity contribution < 1.29 is 19.8 Å². The van der Waals surface area contributed by atoms with Gasteiger partial charge in [-0.3, -0.25) is 9.59 Å². The molecule has 3 aliphatic rings. The van der Waals surface area contributed by atoms with Crippen LogP contribution in [0.5, 0.6) is 0 Å². The Morgan fingerprint density at radius 1 is 0.567 bits per heavy atom. The molecule has 0 heterocycles. The number of hydrogen-bond donors (Lipinski definition) is 2. The number of carboxylic acids is 2. The van der Waals surface area contributed by atoms with Crippen molar-refractivity contribution in [1.29, 1.82) is 0 Å². The van der Waals surface area contributed by atoms with E-state index >= 15 is 0 Å². The van der Waals surface area contributed by atoms with E-state index in [1.165, 1.54) is 0 Å². The zero-order valence-corrected chi connectivity index (χ0v) is 15.9. The molecular formula is C26H18O4.